The molecule has 0 bridgehead atoms. The van der Waals surface area contributed by atoms with E-state index >= 15 is 0 Å². The average Bonchev–Trinajstić information content (AvgIpc) is 2.95. The Morgan fingerprint density at radius 1 is 1.19 bits per heavy atom. The number of nitrogens with zero attached hydrogens (tertiary/aromatic N) is 2. The van der Waals surface area contributed by atoms with Gasteiger partial charge < -0.3 is 14.2 Å². The molecule has 0 unspecified atom stereocenters. The third kappa shape index (κ3) is 1.89. The van der Waals surface area contributed by atoms with Crippen LogP contribution in [0.3, 0.4) is 0 Å². The van der Waals surface area contributed by atoms with Gasteiger partial charge in [0.1, 0.15) is 17.2 Å². The Balaban J connectivity index is 1.80. The second kappa shape index (κ2) is 4.24. The fourth-order valence-electron chi connectivity index (χ4n) is 2.44. The first-order valence-electron chi connectivity index (χ1n) is 6.56. The molecule has 0 aliphatic carbocycles. The fraction of sp³-hybridized carbons (Fsp3) is 0. The highest BCUT2D eigenvalue weighted by Gasteiger charge is 2.18. The lowest BCUT2D eigenvalue weighted by Crippen LogP contribution is -2.05. The molecule has 0 radical (unpaired) electrons. The molecule has 1 aliphatic heterocycles. The van der Waals surface area contributed by atoms with Crippen LogP contribution in [0.4, 0.5) is 0 Å². The summed E-state index contributed by atoms with van der Waals surface area (Å²) in [5.74, 6) is 1.53. The zero-order valence-corrected chi connectivity index (χ0v) is 11.2. The summed E-state index contributed by atoms with van der Waals surface area (Å²) in [7, 11) is 0. The van der Waals surface area contributed by atoms with E-state index in [9.17, 15) is 5.11 Å². The molecular formula is C17H12N2O2. The van der Waals surface area contributed by atoms with E-state index in [1.54, 1.807) is 24.5 Å². The summed E-state index contributed by atoms with van der Waals surface area (Å²) >= 11 is 0. The molecule has 0 atom stereocenters. The topological polar surface area (TPSA) is 46.8 Å². The third-order valence-electron chi connectivity index (χ3n) is 3.50. The van der Waals surface area contributed by atoms with E-state index in [-0.39, 0.29) is 5.75 Å². The van der Waals surface area contributed by atoms with Crippen molar-refractivity contribution in [2.45, 2.75) is 0 Å². The van der Waals surface area contributed by atoms with Crippen LogP contribution in [0.1, 0.15) is 11.3 Å². The summed E-state index contributed by atoms with van der Waals surface area (Å²) < 4.78 is 7.82. The molecule has 0 amide bonds. The molecule has 1 aliphatic rings. The molecule has 0 saturated carbocycles. The Morgan fingerprint density at radius 3 is 3.00 bits per heavy atom. The van der Waals surface area contributed by atoms with E-state index in [1.807, 2.05) is 34.9 Å². The molecule has 0 saturated heterocycles. The SMILES string of the molecule is C=C1C=C(c2cc3cccn3cn2)Oc2ccc(O)cc21. The predicted molar refractivity (Wildman–Crippen MR) is 80.9 cm³/mol. The van der Waals surface area contributed by atoms with Gasteiger partial charge in [0.05, 0.1) is 6.33 Å². The third-order valence-corrected chi connectivity index (χ3v) is 3.50. The second-order valence-electron chi connectivity index (χ2n) is 4.93. The van der Waals surface area contributed by atoms with Crippen molar-refractivity contribution in [1.82, 2.24) is 9.38 Å². The molecule has 4 rings (SSSR count). The minimum Gasteiger partial charge on any atom is -0.508 e. The van der Waals surface area contributed by atoms with Gasteiger partial charge in [0.25, 0.3) is 0 Å². The standard InChI is InChI=1S/C17H12N2O2/c1-11-7-17(21-16-5-4-13(20)9-14(11)16)15-8-12-3-2-6-19(12)10-18-15/h2-10,20H,1H2. The Hall–Kier alpha value is -3.01. The van der Waals surface area contributed by atoms with Crippen LogP contribution in [0, 0.1) is 0 Å². The minimum atomic E-state index is 0.197. The van der Waals surface area contributed by atoms with E-state index in [2.05, 4.69) is 11.6 Å². The number of aromatic nitrogens is 2. The van der Waals surface area contributed by atoms with Gasteiger partial charge in [-0.2, -0.15) is 0 Å². The van der Waals surface area contributed by atoms with Gasteiger partial charge >= 0.3 is 0 Å². The summed E-state index contributed by atoms with van der Waals surface area (Å²) in [6, 6.07) is 10.9. The number of ether oxygens (including phenoxy) is 1. The number of phenols is 1. The van der Waals surface area contributed by atoms with Gasteiger partial charge in [-0.15, -0.1) is 0 Å². The van der Waals surface area contributed by atoms with E-state index < -0.39 is 0 Å². The molecule has 1 aromatic carbocycles. The number of aromatic hydroxyl groups is 1. The van der Waals surface area contributed by atoms with Crippen molar-refractivity contribution >= 4 is 16.8 Å². The largest absolute Gasteiger partial charge is 0.508 e. The summed E-state index contributed by atoms with van der Waals surface area (Å²) in [4.78, 5) is 4.41. The molecular weight excluding hydrogens is 264 g/mol. The number of allylic oxidation sites excluding steroid dienone is 2. The van der Waals surface area contributed by atoms with Gasteiger partial charge in [0, 0.05) is 17.3 Å². The van der Waals surface area contributed by atoms with Crippen LogP contribution in [0.15, 0.2) is 61.6 Å². The maximum absolute atomic E-state index is 9.55. The Labute approximate surface area is 121 Å². The Morgan fingerprint density at radius 2 is 2.10 bits per heavy atom. The van der Waals surface area contributed by atoms with Crippen LogP contribution in [0.25, 0.3) is 16.8 Å². The van der Waals surface area contributed by atoms with Gasteiger partial charge in [-0.25, -0.2) is 4.98 Å². The number of phenolic OH excluding ortho intramolecular Hbond substituents is 1. The number of rotatable bonds is 1. The van der Waals surface area contributed by atoms with E-state index in [4.69, 9.17) is 4.74 Å². The summed E-state index contributed by atoms with van der Waals surface area (Å²) in [5.41, 5.74) is 3.38. The van der Waals surface area contributed by atoms with Gasteiger partial charge in [-0.3, -0.25) is 0 Å². The highest BCUT2D eigenvalue weighted by Crippen LogP contribution is 2.37. The van der Waals surface area contributed by atoms with Crippen molar-refractivity contribution in [2.75, 3.05) is 0 Å². The van der Waals surface area contributed by atoms with Crippen molar-refractivity contribution in [3.8, 4) is 11.5 Å². The van der Waals surface area contributed by atoms with Crippen molar-refractivity contribution < 1.29 is 9.84 Å². The molecule has 0 spiro atoms. The van der Waals surface area contributed by atoms with Crippen LogP contribution < -0.4 is 4.74 Å². The van der Waals surface area contributed by atoms with Crippen LogP contribution in [0.2, 0.25) is 0 Å². The summed E-state index contributed by atoms with van der Waals surface area (Å²) in [6.07, 6.45) is 5.53. The zero-order valence-electron chi connectivity index (χ0n) is 11.2. The monoisotopic (exact) mass is 276 g/mol. The lowest BCUT2D eigenvalue weighted by Gasteiger charge is -2.19. The van der Waals surface area contributed by atoms with Crippen LogP contribution >= 0.6 is 0 Å². The van der Waals surface area contributed by atoms with Gasteiger partial charge in [-0.1, -0.05) is 6.58 Å². The zero-order chi connectivity index (χ0) is 14.4. The smallest absolute Gasteiger partial charge is 0.153 e. The molecule has 21 heavy (non-hydrogen) atoms. The fourth-order valence-corrected chi connectivity index (χ4v) is 2.44. The number of benzene rings is 1. The molecule has 4 nitrogen and oxygen atoms in total. The highest BCUT2D eigenvalue weighted by molar-refractivity contribution is 5.87. The highest BCUT2D eigenvalue weighted by atomic mass is 16.5. The van der Waals surface area contributed by atoms with Crippen molar-refractivity contribution in [3.05, 3.63) is 72.8 Å². The molecule has 102 valence electrons. The van der Waals surface area contributed by atoms with Crippen LogP contribution in [0.5, 0.6) is 11.5 Å². The predicted octanol–water partition coefficient (Wildman–Crippen LogP) is 3.49. The van der Waals surface area contributed by atoms with E-state index in [0.717, 1.165) is 22.3 Å². The molecule has 0 fully saturated rings. The molecule has 3 heterocycles. The number of hydrogen-bond acceptors (Lipinski definition) is 3. The second-order valence-corrected chi connectivity index (χ2v) is 4.93. The first-order valence-corrected chi connectivity index (χ1v) is 6.56. The van der Waals surface area contributed by atoms with E-state index in [1.165, 1.54) is 0 Å². The Bertz CT molecular complexity index is 906. The average molecular weight is 276 g/mol. The van der Waals surface area contributed by atoms with Crippen molar-refractivity contribution in [1.29, 1.82) is 0 Å². The summed E-state index contributed by atoms with van der Waals surface area (Å²) in [5, 5.41) is 9.55. The van der Waals surface area contributed by atoms with Crippen molar-refractivity contribution in [2.24, 2.45) is 0 Å². The maximum atomic E-state index is 9.55. The lowest BCUT2D eigenvalue weighted by atomic mass is 10.0. The number of fused-ring (bicyclic) bond motifs is 2. The lowest BCUT2D eigenvalue weighted by molar-refractivity contribution is 0.469. The Kier molecular flexibility index (Phi) is 2.38. The summed E-state index contributed by atoms with van der Waals surface area (Å²) in [6.45, 7) is 4.02. The van der Waals surface area contributed by atoms with Gasteiger partial charge in [0.15, 0.2) is 5.76 Å². The van der Waals surface area contributed by atoms with E-state index in [0.29, 0.717) is 11.5 Å². The van der Waals surface area contributed by atoms with Crippen LogP contribution in [-0.4, -0.2) is 14.5 Å². The minimum absolute atomic E-state index is 0.197. The first-order chi connectivity index (χ1) is 10.2. The first kappa shape index (κ1) is 11.8. The molecule has 2 aromatic heterocycles. The maximum Gasteiger partial charge on any atom is 0.153 e. The quantitative estimate of drug-likeness (QED) is 0.740. The van der Waals surface area contributed by atoms with Crippen molar-refractivity contribution in [3.63, 3.8) is 0 Å². The van der Waals surface area contributed by atoms with Gasteiger partial charge in [-0.05, 0) is 48.0 Å². The number of hydrogen-bond donors (Lipinski definition) is 1. The molecule has 1 N–H and O–H groups in total. The molecule has 4 heteroatoms. The van der Waals surface area contributed by atoms with Gasteiger partial charge in [0.2, 0.25) is 0 Å². The normalized spacial score (nSPS) is 13.7. The van der Waals surface area contributed by atoms with Crippen LogP contribution in [-0.2, 0) is 0 Å². The molecule has 3 aromatic rings.